The number of urea groups is 1. The molecule has 5 N–H and O–H groups in total. The second-order valence-electron chi connectivity index (χ2n) is 10.3. The zero-order chi connectivity index (χ0) is 31.0. The Labute approximate surface area is 250 Å². The van der Waals surface area contributed by atoms with Crippen LogP contribution in [0.25, 0.3) is 0 Å². The van der Waals surface area contributed by atoms with Crippen LogP contribution in [0.15, 0.2) is 0 Å². The van der Waals surface area contributed by atoms with Crippen molar-refractivity contribution in [3.8, 4) is 0 Å². The number of primary amides is 1. The number of carboxylic acid groups (broad SMARTS) is 2. The molecule has 0 aliphatic rings. The van der Waals surface area contributed by atoms with Crippen LogP contribution in [-0.4, -0.2) is 87.0 Å². The molecular formula is C29H57BrN4O6. The zero-order valence-corrected chi connectivity index (χ0v) is 27.3. The fourth-order valence-corrected chi connectivity index (χ4v) is 4.62. The first-order valence-corrected chi connectivity index (χ1v) is 15.9. The first kappa shape index (κ1) is 40.4. The number of alkyl halides is 1. The Morgan fingerprint density at radius 3 is 1.62 bits per heavy atom. The lowest BCUT2D eigenvalue weighted by Crippen LogP contribution is -2.47. The van der Waals surface area contributed by atoms with Gasteiger partial charge >= 0.3 is 18.0 Å². The van der Waals surface area contributed by atoms with Gasteiger partial charge in [0.2, 0.25) is 5.91 Å². The molecule has 0 saturated heterocycles. The van der Waals surface area contributed by atoms with E-state index in [4.69, 9.17) is 10.8 Å². The number of carbonyl (C=O) groups excluding carboxylic acids is 2. The summed E-state index contributed by atoms with van der Waals surface area (Å²) in [4.78, 5) is 47.8. The molecule has 1 unspecified atom stereocenters. The number of aliphatic carboxylic acids is 2. The summed E-state index contributed by atoms with van der Waals surface area (Å²) in [6, 6.07) is -0.722. The lowest BCUT2D eigenvalue weighted by atomic mass is 10.0. The minimum absolute atomic E-state index is 0.00958. The van der Waals surface area contributed by atoms with Gasteiger partial charge in [-0.05, 0) is 32.4 Å². The molecule has 0 aliphatic heterocycles. The van der Waals surface area contributed by atoms with Gasteiger partial charge in [0.15, 0.2) is 0 Å². The van der Waals surface area contributed by atoms with E-state index in [1.165, 1.54) is 57.8 Å². The third-order valence-corrected chi connectivity index (χ3v) is 8.67. The van der Waals surface area contributed by atoms with Crippen molar-refractivity contribution in [2.75, 3.05) is 32.7 Å². The van der Waals surface area contributed by atoms with Crippen molar-refractivity contribution in [2.45, 2.75) is 128 Å². The molecule has 0 radical (unpaired) electrons. The molecule has 0 bridgehead atoms. The molecule has 1 atom stereocenters. The Morgan fingerprint density at radius 2 is 1.25 bits per heavy atom. The van der Waals surface area contributed by atoms with Crippen LogP contribution in [-0.2, 0) is 14.4 Å². The molecule has 0 fully saturated rings. The lowest BCUT2D eigenvalue weighted by molar-refractivity contribution is -0.140. The van der Waals surface area contributed by atoms with Gasteiger partial charge in [-0.3, -0.25) is 29.5 Å². The SMILES string of the molecule is CCC(Br)(CC)C(=O)NC(N)=O.CCCCCCCCCCCCC(CN(CC)CC(=O)O)N(CC)CC(=O)O. The molecule has 11 heteroatoms. The van der Waals surface area contributed by atoms with Gasteiger partial charge in [-0.2, -0.15) is 0 Å². The molecule has 3 amide bonds. The Hall–Kier alpha value is -1.72. The molecule has 0 aromatic heterocycles. The van der Waals surface area contributed by atoms with Gasteiger partial charge in [0, 0.05) is 12.6 Å². The van der Waals surface area contributed by atoms with Crippen LogP contribution in [0.4, 0.5) is 4.79 Å². The number of rotatable bonds is 23. The van der Waals surface area contributed by atoms with Crippen LogP contribution in [0.3, 0.4) is 0 Å². The molecule has 10 nitrogen and oxygen atoms in total. The Kier molecular flexibility index (Phi) is 25.3. The number of carbonyl (C=O) groups is 4. The van der Waals surface area contributed by atoms with E-state index in [-0.39, 0.29) is 25.0 Å². The summed E-state index contributed by atoms with van der Waals surface area (Å²) >= 11 is 3.26. The van der Waals surface area contributed by atoms with Gasteiger partial charge < -0.3 is 15.9 Å². The molecule has 40 heavy (non-hydrogen) atoms. The van der Waals surface area contributed by atoms with Crippen LogP contribution < -0.4 is 11.1 Å². The average Bonchev–Trinajstić information content (AvgIpc) is 2.90. The Bertz CT molecular complexity index is 706. The van der Waals surface area contributed by atoms with Crippen LogP contribution in [0.1, 0.15) is 118 Å². The topological polar surface area (TPSA) is 153 Å². The van der Waals surface area contributed by atoms with E-state index in [9.17, 15) is 24.3 Å². The van der Waals surface area contributed by atoms with E-state index < -0.39 is 22.3 Å². The monoisotopic (exact) mass is 636 g/mol. The van der Waals surface area contributed by atoms with E-state index in [0.29, 0.717) is 32.5 Å². The van der Waals surface area contributed by atoms with Crippen molar-refractivity contribution in [1.82, 2.24) is 15.1 Å². The maximum absolute atomic E-state index is 11.3. The minimum atomic E-state index is -0.833. The number of unbranched alkanes of at least 4 members (excludes halogenated alkanes) is 9. The fraction of sp³-hybridized carbons (Fsp3) is 0.862. The van der Waals surface area contributed by atoms with Crippen LogP contribution in [0.5, 0.6) is 0 Å². The van der Waals surface area contributed by atoms with E-state index in [1.807, 2.05) is 42.8 Å². The number of hydrogen-bond acceptors (Lipinski definition) is 6. The molecule has 0 spiro atoms. The number of nitrogens with zero attached hydrogens (tertiary/aromatic N) is 2. The predicted octanol–water partition coefficient (Wildman–Crippen LogP) is 5.61. The van der Waals surface area contributed by atoms with Crippen molar-refractivity contribution in [3.63, 3.8) is 0 Å². The van der Waals surface area contributed by atoms with E-state index >= 15 is 0 Å². The number of halogens is 1. The number of nitrogens with two attached hydrogens (primary N) is 1. The molecule has 0 aliphatic carbocycles. The predicted molar refractivity (Wildman–Crippen MR) is 165 cm³/mol. The molecule has 236 valence electrons. The van der Waals surface area contributed by atoms with Crippen LogP contribution >= 0.6 is 15.9 Å². The third kappa shape index (κ3) is 21.1. The molecule has 0 heterocycles. The summed E-state index contributed by atoms with van der Waals surface area (Å²) < 4.78 is -0.665. The van der Waals surface area contributed by atoms with Crippen molar-refractivity contribution in [1.29, 1.82) is 0 Å². The van der Waals surface area contributed by atoms with Crippen LogP contribution in [0, 0.1) is 0 Å². The fourth-order valence-electron chi connectivity index (χ4n) is 4.52. The van der Waals surface area contributed by atoms with Gasteiger partial charge in [0.1, 0.15) is 4.32 Å². The third-order valence-electron chi connectivity index (χ3n) is 7.19. The zero-order valence-electron chi connectivity index (χ0n) is 25.7. The average molecular weight is 638 g/mol. The second kappa shape index (κ2) is 25.0. The number of amides is 3. The number of carboxylic acids is 2. The number of hydrogen-bond donors (Lipinski definition) is 4. The van der Waals surface area contributed by atoms with Gasteiger partial charge in [0.25, 0.3) is 0 Å². The summed E-state index contributed by atoms with van der Waals surface area (Å²) in [7, 11) is 0. The second-order valence-corrected chi connectivity index (χ2v) is 11.8. The van der Waals surface area contributed by atoms with Gasteiger partial charge in [-0.15, -0.1) is 0 Å². The molecular weight excluding hydrogens is 580 g/mol. The summed E-state index contributed by atoms with van der Waals surface area (Å²) in [5, 5.41) is 20.3. The number of nitrogens with one attached hydrogen (secondary N) is 1. The summed E-state index contributed by atoms with van der Waals surface area (Å²) in [5.74, 6) is -2.03. The van der Waals surface area contributed by atoms with E-state index in [1.54, 1.807) is 0 Å². The first-order chi connectivity index (χ1) is 18.9. The molecule has 0 rings (SSSR count). The lowest BCUT2D eigenvalue weighted by Gasteiger charge is -2.33. The van der Waals surface area contributed by atoms with Gasteiger partial charge in [-0.25, -0.2) is 4.79 Å². The number of imide groups is 1. The minimum Gasteiger partial charge on any atom is -0.480 e. The van der Waals surface area contributed by atoms with Crippen molar-refractivity contribution in [2.24, 2.45) is 5.73 Å². The highest BCUT2D eigenvalue weighted by molar-refractivity contribution is 9.10. The van der Waals surface area contributed by atoms with E-state index in [2.05, 4.69) is 22.9 Å². The highest BCUT2D eigenvalue weighted by Gasteiger charge is 2.32. The largest absolute Gasteiger partial charge is 0.480 e. The molecule has 0 saturated carbocycles. The van der Waals surface area contributed by atoms with E-state index in [0.717, 1.165) is 12.8 Å². The van der Waals surface area contributed by atoms with Gasteiger partial charge in [0.05, 0.1) is 13.1 Å². The Morgan fingerprint density at radius 1 is 0.775 bits per heavy atom. The highest BCUT2D eigenvalue weighted by Crippen LogP contribution is 2.26. The first-order valence-electron chi connectivity index (χ1n) is 15.1. The number of likely N-dealkylation sites (N-methyl/N-ethyl adjacent to an activating group) is 2. The van der Waals surface area contributed by atoms with Crippen molar-refractivity contribution >= 4 is 39.8 Å². The van der Waals surface area contributed by atoms with Crippen LogP contribution in [0.2, 0.25) is 0 Å². The normalized spacial score (nSPS) is 12.1. The van der Waals surface area contributed by atoms with Gasteiger partial charge in [-0.1, -0.05) is 115 Å². The summed E-state index contributed by atoms with van der Waals surface area (Å²) in [5.41, 5.74) is 4.81. The smallest absolute Gasteiger partial charge is 0.318 e. The standard InChI is InChI=1S/C22H44N2O4.C7H13BrN2O2/c1-4-7-8-9-10-11-12-13-14-15-16-20(24(6-3)19-22(27)28)17-23(5-2)18-21(25)26;1-3-7(8,4-2)5(11)10-6(9)12/h20H,4-19H2,1-3H3,(H,25,26)(H,27,28);3-4H2,1-2H3,(H3,9,10,11,12). The summed E-state index contributed by atoms with van der Waals surface area (Å²) in [6.45, 7) is 11.9. The van der Waals surface area contributed by atoms with Crippen molar-refractivity contribution < 1.29 is 29.4 Å². The maximum Gasteiger partial charge on any atom is 0.318 e. The Balaban J connectivity index is 0. The molecule has 0 aromatic rings. The molecule has 0 aromatic carbocycles. The summed E-state index contributed by atoms with van der Waals surface area (Å²) in [6.07, 6.45) is 14.9. The van der Waals surface area contributed by atoms with Crippen molar-refractivity contribution in [3.05, 3.63) is 0 Å². The quantitative estimate of drug-likeness (QED) is 0.0833. The maximum atomic E-state index is 11.3. The highest BCUT2D eigenvalue weighted by atomic mass is 79.9.